The predicted molar refractivity (Wildman–Crippen MR) is 56.5 cm³/mol. The molecular weight excluding hydrogens is 176 g/mol. The maximum atomic E-state index is 11.4. The first kappa shape index (κ1) is 10.8. The molecule has 0 aliphatic carbocycles. The highest BCUT2D eigenvalue weighted by Crippen LogP contribution is 2.14. The van der Waals surface area contributed by atoms with Crippen LogP contribution in [-0.2, 0) is 17.6 Å². The van der Waals surface area contributed by atoms with Gasteiger partial charge in [-0.15, -0.1) is 0 Å². The second-order valence-electron chi connectivity index (χ2n) is 3.19. The van der Waals surface area contributed by atoms with E-state index in [1.54, 1.807) is 0 Å². The number of benzene rings is 1. The van der Waals surface area contributed by atoms with Gasteiger partial charge in [-0.05, 0) is 30.0 Å². The average molecular weight is 192 g/mol. The normalized spacial score (nSPS) is 9.93. The first-order valence-electron chi connectivity index (χ1n) is 4.93. The Morgan fingerprint density at radius 1 is 1.29 bits per heavy atom. The highest BCUT2D eigenvalue weighted by molar-refractivity contribution is 5.91. The van der Waals surface area contributed by atoms with Gasteiger partial charge >= 0.3 is 5.97 Å². The van der Waals surface area contributed by atoms with Crippen molar-refractivity contribution in [2.24, 2.45) is 0 Å². The number of hydrogen-bond donors (Lipinski definition) is 0. The summed E-state index contributed by atoms with van der Waals surface area (Å²) in [7, 11) is 1.42. The number of esters is 1. The van der Waals surface area contributed by atoms with E-state index in [0.29, 0.717) is 5.56 Å². The summed E-state index contributed by atoms with van der Waals surface area (Å²) in [5.74, 6) is -0.239. The fraction of sp³-hybridized carbons (Fsp3) is 0.417. The Bertz CT molecular complexity index is 329. The van der Waals surface area contributed by atoms with Gasteiger partial charge in [0, 0.05) is 0 Å². The molecule has 0 N–H and O–H groups in total. The number of methoxy groups -OCH3 is 1. The van der Waals surface area contributed by atoms with Crippen LogP contribution in [0.5, 0.6) is 0 Å². The zero-order valence-corrected chi connectivity index (χ0v) is 8.96. The van der Waals surface area contributed by atoms with Crippen molar-refractivity contribution in [2.75, 3.05) is 7.11 Å². The molecule has 0 aliphatic heterocycles. The number of rotatable bonds is 3. The van der Waals surface area contributed by atoms with Gasteiger partial charge in [0.25, 0.3) is 0 Å². The lowest BCUT2D eigenvalue weighted by Crippen LogP contribution is -2.06. The van der Waals surface area contributed by atoms with Crippen molar-refractivity contribution in [1.82, 2.24) is 0 Å². The highest BCUT2D eigenvalue weighted by atomic mass is 16.5. The van der Waals surface area contributed by atoms with E-state index in [9.17, 15) is 4.79 Å². The Hall–Kier alpha value is -1.31. The van der Waals surface area contributed by atoms with E-state index < -0.39 is 0 Å². The van der Waals surface area contributed by atoms with E-state index >= 15 is 0 Å². The molecule has 0 atom stereocenters. The van der Waals surface area contributed by atoms with Gasteiger partial charge < -0.3 is 4.74 Å². The van der Waals surface area contributed by atoms with Crippen LogP contribution in [0.15, 0.2) is 18.2 Å². The third kappa shape index (κ3) is 2.13. The fourth-order valence-electron chi connectivity index (χ4n) is 1.45. The van der Waals surface area contributed by atoms with Gasteiger partial charge in [-0.1, -0.05) is 26.0 Å². The molecule has 0 bridgehead atoms. The quantitative estimate of drug-likeness (QED) is 0.688. The van der Waals surface area contributed by atoms with Crippen molar-refractivity contribution < 1.29 is 9.53 Å². The molecule has 1 aromatic carbocycles. The largest absolute Gasteiger partial charge is 0.465 e. The molecule has 0 aromatic heterocycles. The minimum atomic E-state index is -0.239. The van der Waals surface area contributed by atoms with Crippen LogP contribution >= 0.6 is 0 Å². The van der Waals surface area contributed by atoms with E-state index in [1.165, 1.54) is 12.7 Å². The number of aryl methyl sites for hydroxylation is 2. The Balaban J connectivity index is 3.14. The van der Waals surface area contributed by atoms with Crippen molar-refractivity contribution in [2.45, 2.75) is 26.7 Å². The minimum Gasteiger partial charge on any atom is -0.465 e. The number of ether oxygens (including phenoxy) is 1. The lowest BCUT2D eigenvalue weighted by atomic mass is 10.0. The summed E-state index contributed by atoms with van der Waals surface area (Å²) in [6.45, 7) is 4.11. The maximum absolute atomic E-state index is 11.4. The molecule has 0 unspecified atom stereocenters. The molecule has 0 fully saturated rings. The van der Waals surface area contributed by atoms with E-state index in [0.717, 1.165) is 18.4 Å². The van der Waals surface area contributed by atoms with Gasteiger partial charge in [0.05, 0.1) is 12.7 Å². The summed E-state index contributed by atoms with van der Waals surface area (Å²) in [6.07, 6.45) is 1.79. The summed E-state index contributed by atoms with van der Waals surface area (Å²) in [5, 5.41) is 0. The molecule has 1 aromatic rings. The van der Waals surface area contributed by atoms with Crippen LogP contribution in [0.3, 0.4) is 0 Å². The molecule has 76 valence electrons. The van der Waals surface area contributed by atoms with E-state index in [-0.39, 0.29) is 5.97 Å². The third-order valence-corrected chi connectivity index (χ3v) is 2.37. The molecule has 14 heavy (non-hydrogen) atoms. The van der Waals surface area contributed by atoms with Gasteiger partial charge in [0.2, 0.25) is 0 Å². The predicted octanol–water partition coefficient (Wildman–Crippen LogP) is 2.60. The van der Waals surface area contributed by atoms with Gasteiger partial charge in [0.15, 0.2) is 0 Å². The molecule has 2 nitrogen and oxygen atoms in total. The molecule has 0 radical (unpaired) electrons. The van der Waals surface area contributed by atoms with Crippen molar-refractivity contribution in [1.29, 1.82) is 0 Å². The summed E-state index contributed by atoms with van der Waals surface area (Å²) in [6, 6.07) is 5.99. The Labute approximate surface area is 84.9 Å². The SMILES string of the molecule is CCc1ccc(CC)c(C(=O)OC)c1. The smallest absolute Gasteiger partial charge is 0.338 e. The number of carbonyl (C=O) groups is 1. The van der Waals surface area contributed by atoms with Crippen molar-refractivity contribution in [3.05, 3.63) is 34.9 Å². The van der Waals surface area contributed by atoms with Crippen molar-refractivity contribution >= 4 is 5.97 Å². The zero-order valence-electron chi connectivity index (χ0n) is 8.96. The Morgan fingerprint density at radius 3 is 2.50 bits per heavy atom. The number of hydrogen-bond acceptors (Lipinski definition) is 2. The first-order valence-corrected chi connectivity index (χ1v) is 4.93. The maximum Gasteiger partial charge on any atom is 0.338 e. The molecule has 1 rings (SSSR count). The van der Waals surface area contributed by atoms with Gasteiger partial charge in [-0.2, -0.15) is 0 Å². The molecule has 0 heterocycles. The molecule has 0 aliphatic rings. The number of carbonyl (C=O) groups excluding carboxylic acids is 1. The second kappa shape index (κ2) is 4.80. The lowest BCUT2D eigenvalue weighted by molar-refractivity contribution is 0.0599. The summed E-state index contributed by atoms with van der Waals surface area (Å²) < 4.78 is 4.74. The van der Waals surface area contributed by atoms with Crippen molar-refractivity contribution in [3.8, 4) is 0 Å². The van der Waals surface area contributed by atoms with Crippen LogP contribution in [0.4, 0.5) is 0 Å². The second-order valence-corrected chi connectivity index (χ2v) is 3.19. The highest BCUT2D eigenvalue weighted by Gasteiger charge is 2.10. The van der Waals surface area contributed by atoms with Crippen LogP contribution in [0.25, 0.3) is 0 Å². The van der Waals surface area contributed by atoms with Gasteiger partial charge in [-0.25, -0.2) is 4.79 Å². The molecule has 2 heteroatoms. The Kier molecular flexibility index (Phi) is 3.69. The van der Waals surface area contributed by atoms with Gasteiger partial charge in [0.1, 0.15) is 0 Å². The standard InChI is InChI=1S/C12H16O2/c1-4-9-6-7-10(5-2)11(8-9)12(13)14-3/h6-8H,4-5H2,1-3H3. The molecule has 0 saturated carbocycles. The Morgan fingerprint density at radius 2 is 2.00 bits per heavy atom. The van der Waals surface area contributed by atoms with E-state index in [2.05, 4.69) is 13.0 Å². The van der Waals surface area contributed by atoms with Crippen LogP contribution in [0, 0.1) is 0 Å². The monoisotopic (exact) mass is 192 g/mol. The molecule has 0 amide bonds. The summed E-state index contributed by atoms with van der Waals surface area (Å²) in [4.78, 5) is 11.4. The summed E-state index contributed by atoms with van der Waals surface area (Å²) in [5.41, 5.74) is 2.92. The van der Waals surface area contributed by atoms with Crippen LogP contribution < -0.4 is 0 Å². The molecule has 0 saturated heterocycles. The molecule has 0 spiro atoms. The lowest BCUT2D eigenvalue weighted by Gasteiger charge is -2.07. The molecular formula is C12H16O2. The average Bonchev–Trinajstić information content (AvgIpc) is 2.27. The zero-order chi connectivity index (χ0) is 10.6. The van der Waals surface area contributed by atoms with Crippen molar-refractivity contribution in [3.63, 3.8) is 0 Å². The van der Waals surface area contributed by atoms with Crippen LogP contribution in [0.1, 0.15) is 35.3 Å². The fourth-order valence-corrected chi connectivity index (χ4v) is 1.45. The van der Waals surface area contributed by atoms with E-state index in [4.69, 9.17) is 4.74 Å². The van der Waals surface area contributed by atoms with Crippen LogP contribution in [-0.4, -0.2) is 13.1 Å². The first-order chi connectivity index (χ1) is 6.72. The van der Waals surface area contributed by atoms with Gasteiger partial charge in [-0.3, -0.25) is 0 Å². The topological polar surface area (TPSA) is 26.3 Å². The van der Waals surface area contributed by atoms with Crippen LogP contribution in [0.2, 0.25) is 0 Å². The summed E-state index contributed by atoms with van der Waals surface area (Å²) >= 11 is 0. The minimum absolute atomic E-state index is 0.239. The third-order valence-electron chi connectivity index (χ3n) is 2.37. The van der Waals surface area contributed by atoms with E-state index in [1.807, 2.05) is 19.1 Å².